The molecule has 0 amide bonds. The Morgan fingerprint density at radius 2 is 1.95 bits per heavy atom. The minimum absolute atomic E-state index is 0.222. The molecule has 6 heteroatoms. The van der Waals surface area contributed by atoms with Crippen molar-refractivity contribution >= 4 is 28.3 Å². The van der Waals surface area contributed by atoms with Gasteiger partial charge in [0.2, 0.25) is 5.75 Å². The molecule has 19 heavy (non-hydrogen) atoms. The molecule has 0 aliphatic carbocycles. The predicted molar refractivity (Wildman–Crippen MR) is 72.2 cm³/mol. The molecule has 0 aliphatic rings. The third kappa shape index (κ3) is 4.73. The number of ether oxygens (including phenoxy) is 2. The molecule has 0 N–H and O–H groups in total. The summed E-state index contributed by atoms with van der Waals surface area (Å²) in [7, 11) is 1.56. The van der Waals surface area contributed by atoms with Crippen molar-refractivity contribution in [3.63, 3.8) is 0 Å². The first-order valence-corrected chi connectivity index (χ1v) is 5.81. The third-order valence-corrected chi connectivity index (χ3v) is 2.23. The first kappa shape index (κ1) is 15.2. The number of hydrogen-bond donors (Lipinski definition) is 0. The molecule has 2 aromatic rings. The first-order chi connectivity index (χ1) is 9.10. The van der Waals surface area contributed by atoms with Crippen LogP contribution in [0.3, 0.4) is 0 Å². The van der Waals surface area contributed by atoms with E-state index in [0.717, 1.165) is 5.39 Å². The highest BCUT2D eigenvalue weighted by Crippen LogP contribution is 2.20. The maximum absolute atomic E-state index is 11.0. The minimum atomic E-state index is -0.371. The van der Waals surface area contributed by atoms with Gasteiger partial charge in [0.05, 0.1) is 0 Å². The lowest BCUT2D eigenvalue weighted by Crippen LogP contribution is -2.13. The Balaban J connectivity index is 0.000000550. The molecular formula is C13H13ClO5. The van der Waals surface area contributed by atoms with E-state index in [-0.39, 0.29) is 17.7 Å². The minimum Gasteiger partial charge on any atom is -0.465 e. The zero-order chi connectivity index (χ0) is 14.3. The summed E-state index contributed by atoms with van der Waals surface area (Å²) in [6, 6.07) is 8.41. The molecule has 1 unspecified atom stereocenters. The first-order valence-electron chi connectivity index (χ1n) is 5.38. The van der Waals surface area contributed by atoms with Gasteiger partial charge in [0.15, 0.2) is 6.29 Å². The van der Waals surface area contributed by atoms with Crippen LogP contribution in [0, 0.1) is 0 Å². The topological polar surface area (TPSA) is 65.7 Å². The summed E-state index contributed by atoms with van der Waals surface area (Å²) in [4.78, 5) is 19.6. The third-order valence-electron chi connectivity index (χ3n) is 2.23. The van der Waals surface area contributed by atoms with Gasteiger partial charge in [-0.15, -0.1) is 0 Å². The van der Waals surface area contributed by atoms with Crippen LogP contribution in [-0.2, 0) is 9.53 Å². The van der Waals surface area contributed by atoms with Crippen LogP contribution in [0.25, 0.3) is 11.0 Å². The molecule has 0 saturated heterocycles. The second-order valence-corrected chi connectivity index (χ2v) is 3.64. The largest absolute Gasteiger partial charge is 0.465 e. The maximum atomic E-state index is 11.0. The Morgan fingerprint density at radius 1 is 1.32 bits per heavy atom. The number of fused-ring (bicyclic) bond motifs is 1. The van der Waals surface area contributed by atoms with Gasteiger partial charge in [-0.3, -0.25) is 4.79 Å². The number of hydrogen-bond acceptors (Lipinski definition) is 5. The maximum Gasteiger partial charge on any atom is 0.336 e. The van der Waals surface area contributed by atoms with Crippen LogP contribution in [0.5, 0.6) is 5.75 Å². The molecule has 1 aromatic heterocycles. The summed E-state index contributed by atoms with van der Waals surface area (Å²) in [6.07, 6.45) is -0.340. The number of halogens is 1. The highest BCUT2D eigenvalue weighted by Gasteiger charge is 2.03. The van der Waals surface area contributed by atoms with Gasteiger partial charge in [0.1, 0.15) is 11.3 Å². The van der Waals surface area contributed by atoms with Crippen molar-refractivity contribution in [3.05, 3.63) is 40.8 Å². The molecule has 0 aliphatic heterocycles. The van der Waals surface area contributed by atoms with Crippen LogP contribution in [0.2, 0.25) is 0 Å². The summed E-state index contributed by atoms with van der Waals surface area (Å²) in [5, 5.41) is 0.858. The zero-order valence-electron chi connectivity index (χ0n) is 10.5. The van der Waals surface area contributed by atoms with E-state index in [1.165, 1.54) is 6.07 Å². The number of rotatable bonds is 3. The lowest BCUT2D eigenvalue weighted by Gasteiger charge is -2.12. The van der Waals surface area contributed by atoms with Gasteiger partial charge in [0, 0.05) is 24.6 Å². The highest BCUT2D eigenvalue weighted by atomic mass is 35.5. The van der Waals surface area contributed by atoms with E-state index in [1.54, 1.807) is 32.2 Å². The van der Waals surface area contributed by atoms with Gasteiger partial charge >= 0.3 is 5.63 Å². The van der Waals surface area contributed by atoms with Crippen LogP contribution < -0.4 is 10.4 Å². The van der Waals surface area contributed by atoms with Crippen LogP contribution in [0.4, 0.5) is 0 Å². The van der Waals surface area contributed by atoms with E-state index in [9.17, 15) is 4.79 Å². The fourth-order valence-electron chi connectivity index (χ4n) is 1.35. The van der Waals surface area contributed by atoms with Crippen LogP contribution in [0.15, 0.2) is 39.5 Å². The number of benzene rings is 1. The molecule has 5 nitrogen and oxygen atoms in total. The van der Waals surface area contributed by atoms with E-state index in [4.69, 9.17) is 18.7 Å². The monoisotopic (exact) mass is 284 g/mol. The normalized spacial score (nSPS) is 11.3. The van der Waals surface area contributed by atoms with Crippen molar-refractivity contribution in [2.75, 3.05) is 7.11 Å². The lowest BCUT2D eigenvalue weighted by molar-refractivity contribution is -0.0382. The molecule has 1 heterocycles. The number of methoxy groups -OCH3 is 1. The Labute approximate surface area is 114 Å². The summed E-state index contributed by atoms with van der Waals surface area (Å²) < 4.78 is 15.4. The van der Waals surface area contributed by atoms with E-state index in [1.807, 2.05) is 6.07 Å². The van der Waals surface area contributed by atoms with Crippen LogP contribution >= 0.6 is 11.6 Å². The second kappa shape index (κ2) is 7.56. The molecule has 0 radical (unpaired) electrons. The summed E-state index contributed by atoms with van der Waals surface area (Å²) in [6.45, 7) is 1.78. The summed E-state index contributed by atoms with van der Waals surface area (Å²) in [5.74, 6) is 0.830. The standard InChI is InChI=1S/C12H12O4.CHClO/c1-8(14-2)15-10-5-3-9-4-6-12(13)16-11(9)7-10;2-1-3/h3-8H,1-2H3;1H. The number of carbonyl (C=O) groups excluding carboxylic acids is 1. The SMILES string of the molecule is COC(C)Oc1ccc2ccc(=O)oc2c1.O=CCl. The summed E-state index contributed by atoms with van der Waals surface area (Å²) in [5.41, 5.74) is 0.137. The second-order valence-electron chi connectivity index (χ2n) is 3.46. The molecule has 102 valence electrons. The quantitative estimate of drug-likeness (QED) is 0.375. The van der Waals surface area contributed by atoms with E-state index in [2.05, 4.69) is 11.6 Å². The van der Waals surface area contributed by atoms with Crippen molar-refractivity contribution in [2.45, 2.75) is 13.2 Å². The average molecular weight is 285 g/mol. The van der Waals surface area contributed by atoms with Gasteiger partial charge in [-0.2, -0.15) is 0 Å². The van der Waals surface area contributed by atoms with Crippen molar-refractivity contribution in [2.24, 2.45) is 0 Å². The van der Waals surface area contributed by atoms with Gasteiger partial charge in [-0.25, -0.2) is 4.79 Å². The van der Waals surface area contributed by atoms with Crippen LogP contribution in [-0.4, -0.2) is 19.1 Å². The van der Waals surface area contributed by atoms with Gasteiger partial charge in [-0.1, -0.05) is 0 Å². The van der Waals surface area contributed by atoms with Gasteiger partial charge in [-0.05, 0) is 36.7 Å². The molecule has 1 aromatic carbocycles. The van der Waals surface area contributed by atoms with Gasteiger partial charge < -0.3 is 13.9 Å². The zero-order valence-corrected chi connectivity index (χ0v) is 11.2. The highest BCUT2D eigenvalue weighted by molar-refractivity contribution is 6.54. The Kier molecular flexibility index (Phi) is 6.05. The molecular weight excluding hydrogens is 272 g/mol. The van der Waals surface area contributed by atoms with E-state index < -0.39 is 0 Å². The fourth-order valence-corrected chi connectivity index (χ4v) is 1.35. The predicted octanol–water partition coefficient (Wildman–Crippen LogP) is 2.58. The Hall–Kier alpha value is -1.85. The molecule has 0 saturated carbocycles. The Morgan fingerprint density at radius 3 is 2.58 bits per heavy atom. The summed E-state index contributed by atoms with van der Waals surface area (Å²) >= 11 is 4.32. The van der Waals surface area contributed by atoms with Crippen molar-refractivity contribution in [1.82, 2.24) is 0 Å². The lowest BCUT2D eigenvalue weighted by atomic mass is 10.2. The van der Waals surface area contributed by atoms with Crippen molar-refractivity contribution in [3.8, 4) is 5.75 Å². The Bertz CT molecular complexity index is 593. The molecule has 0 spiro atoms. The van der Waals surface area contributed by atoms with E-state index in [0.29, 0.717) is 11.3 Å². The van der Waals surface area contributed by atoms with Gasteiger partial charge in [0.25, 0.3) is 0 Å². The van der Waals surface area contributed by atoms with Crippen molar-refractivity contribution in [1.29, 1.82) is 0 Å². The average Bonchev–Trinajstić information content (AvgIpc) is 2.39. The molecule has 0 fully saturated rings. The van der Waals surface area contributed by atoms with Crippen molar-refractivity contribution < 1.29 is 18.7 Å². The van der Waals surface area contributed by atoms with Crippen LogP contribution in [0.1, 0.15) is 6.92 Å². The molecule has 2 rings (SSSR count). The smallest absolute Gasteiger partial charge is 0.336 e. The fraction of sp³-hybridized carbons (Fsp3) is 0.231. The molecule has 1 atom stereocenters. The molecule has 0 bridgehead atoms. The number of carbonyl (C=O) groups is 1. The van der Waals surface area contributed by atoms with E-state index >= 15 is 0 Å².